The molecule has 1 aliphatic heterocycles. The highest BCUT2D eigenvalue weighted by atomic mass is 32.2. The molecule has 2 aromatic carbocycles. The highest BCUT2D eigenvalue weighted by molar-refractivity contribution is 7.88. The van der Waals surface area contributed by atoms with Gasteiger partial charge in [0.15, 0.2) is 0 Å². The molecule has 0 aliphatic carbocycles. The summed E-state index contributed by atoms with van der Waals surface area (Å²) in [5.74, 6) is -1.89. The SMILES string of the molecule is CS(=O)(=O)N1CCN(c2ccccc2-c2ccccc2)C(/N=C(\N)C(=O)O)C1. The summed E-state index contributed by atoms with van der Waals surface area (Å²) in [6.45, 7) is 0.662. The zero-order chi connectivity index (χ0) is 20.3. The van der Waals surface area contributed by atoms with Crippen molar-refractivity contribution in [1.29, 1.82) is 0 Å². The van der Waals surface area contributed by atoms with Crippen molar-refractivity contribution in [2.45, 2.75) is 6.17 Å². The molecule has 1 atom stereocenters. The van der Waals surface area contributed by atoms with E-state index in [0.717, 1.165) is 23.1 Å². The van der Waals surface area contributed by atoms with Crippen LogP contribution in [0.3, 0.4) is 0 Å². The Morgan fingerprint density at radius 2 is 1.75 bits per heavy atom. The number of aliphatic carboxylic acids is 1. The molecule has 9 heteroatoms. The minimum absolute atomic E-state index is 0.0237. The molecule has 0 amide bonds. The number of carboxylic acid groups (broad SMARTS) is 1. The molecule has 2 aromatic rings. The number of piperazine rings is 1. The molecule has 0 spiro atoms. The lowest BCUT2D eigenvalue weighted by atomic mass is 10.0. The fraction of sp³-hybridized carbons (Fsp3) is 0.263. The van der Waals surface area contributed by atoms with E-state index in [1.54, 1.807) is 0 Å². The molecule has 1 fully saturated rings. The second kappa shape index (κ2) is 7.99. The van der Waals surface area contributed by atoms with Crippen molar-refractivity contribution in [2.24, 2.45) is 10.7 Å². The molecule has 1 heterocycles. The van der Waals surface area contributed by atoms with Gasteiger partial charge in [0.2, 0.25) is 15.9 Å². The van der Waals surface area contributed by atoms with Gasteiger partial charge in [0.25, 0.3) is 0 Å². The molecule has 3 rings (SSSR count). The smallest absolute Gasteiger partial charge is 0.371 e. The number of carboxylic acids is 1. The first kappa shape index (κ1) is 19.8. The summed E-state index contributed by atoms with van der Waals surface area (Å²) in [6, 6.07) is 17.4. The van der Waals surface area contributed by atoms with Crippen LogP contribution < -0.4 is 10.6 Å². The van der Waals surface area contributed by atoms with Gasteiger partial charge >= 0.3 is 5.97 Å². The van der Waals surface area contributed by atoms with Crippen molar-refractivity contribution < 1.29 is 18.3 Å². The predicted octanol–water partition coefficient (Wildman–Crippen LogP) is 1.20. The fourth-order valence-electron chi connectivity index (χ4n) is 3.23. The summed E-state index contributed by atoms with van der Waals surface area (Å²) in [7, 11) is -3.43. The number of hydrogen-bond donors (Lipinski definition) is 2. The number of aliphatic imine (C=N–C) groups is 1. The molecule has 1 unspecified atom stereocenters. The zero-order valence-electron chi connectivity index (χ0n) is 15.4. The molecule has 8 nitrogen and oxygen atoms in total. The lowest BCUT2D eigenvalue weighted by Gasteiger charge is -2.40. The summed E-state index contributed by atoms with van der Waals surface area (Å²) in [5.41, 5.74) is 8.34. The molecule has 1 saturated heterocycles. The number of nitrogens with two attached hydrogens (primary N) is 1. The number of hydrogen-bond acceptors (Lipinski definition) is 5. The van der Waals surface area contributed by atoms with Gasteiger partial charge < -0.3 is 15.7 Å². The Morgan fingerprint density at radius 1 is 1.11 bits per heavy atom. The van der Waals surface area contributed by atoms with Gasteiger partial charge in [-0.15, -0.1) is 0 Å². The van der Waals surface area contributed by atoms with Gasteiger partial charge in [-0.05, 0) is 11.6 Å². The number of amidine groups is 1. The van der Waals surface area contributed by atoms with Crippen molar-refractivity contribution in [2.75, 3.05) is 30.8 Å². The van der Waals surface area contributed by atoms with Crippen LogP contribution >= 0.6 is 0 Å². The first-order chi connectivity index (χ1) is 13.3. The summed E-state index contributed by atoms with van der Waals surface area (Å²) < 4.78 is 25.3. The van der Waals surface area contributed by atoms with Crippen LogP contribution in [-0.2, 0) is 14.8 Å². The Balaban J connectivity index is 2.05. The molecule has 28 heavy (non-hydrogen) atoms. The number of benzene rings is 2. The number of para-hydroxylation sites is 1. The third kappa shape index (κ3) is 4.32. The zero-order valence-corrected chi connectivity index (χ0v) is 16.2. The van der Waals surface area contributed by atoms with E-state index >= 15 is 0 Å². The number of carbonyl (C=O) groups is 1. The third-order valence-corrected chi connectivity index (χ3v) is 5.86. The Kier molecular flexibility index (Phi) is 5.66. The number of rotatable bonds is 4. The fourth-order valence-corrected chi connectivity index (χ4v) is 4.05. The van der Waals surface area contributed by atoms with Gasteiger partial charge in [-0.2, -0.15) is 4.31 Å². The van der Waals surface area contributed by atoms with Crippen LogP contribution in [0.2, 0.25) is 0 Å². The van der Waals surface area contributed by atoms with Crippen LogP contribution in [-0.4, -0.2) is 61.7 Å². The Morgan fingerprint density at radius 3 is 2.39 bits per heavy atom. The van der Waals surface area contributed by atoms with Gasteiger partial charge in [0.1, 0.15) is 6.17 Å². The van der Waals surface area contributed by atoms with E-state index in [1.165, 1.54) is 4.31 Å². The monoisotopic (exact) mass is 402 g/mol. The third-order valence-electron chi connectivity index (χ3n) is 4.59. The van der Waals surface area contributed by atoms with Gasteiger partial charge in [0, 0.05) is 24.3 Å². The standard InChI is InChI=1S/C19H22N4O4S/c1-28(26,27)22-11-12-23(17(13-22)21-18(20)19(24)25)16-10-6-5-9-15(16)14-7-3-2-4-8-14/h2-10,17H,11-13H2,1H3,(H2,20,21)(H,24,25). The second-order valence-electron chi connectivity index (χ2n) is 6.50. The van der Waals surface area contributed by atoms with E-state index < -0.39 is 28.0 Å². The molecule has 0 radical (unpaired) electrons. The van der Waals surface area contributed by atoms with E-state index in [-0.39, 0.29) is 13.1 Å². The first-order valence-electron chi connectivity index (χ1n) is 8.70. The topological polar surface area (TPSA) is 116 Å². The van der Waals surface area contributed by atoms with E-state index in [4.69, 9.17) is 10.8 Å². The van der Waals surface area contributed by atoms with Crippen molar-refractivity contribution >= 4 is 27.5 Å². The van der Waals surface area contributed by atoms with Crippen molar-refractivity contribution in [3.05, 3.63) is 54.6 Å². The molecular weight excluding hydrogens is 380 g/mol. The minimum Gasteiger partial charge on any atom is -0.475 e. The van der Waals surface area contributed by atoms with Crippen LogP contribution in [0.15, 0.2) is 59.6 Å². The van der Waals surface area contributed by atoms with Crippen LogP contribution in [0.1, 0.15) is 0 Å². The van der Waals surface area contributed by atoms with Gasteiger partial charge in [0.05, 0.1) is 12.8 Å². The molecule has 0 saturated carbocycles. The van der Waals surface area contributed by atoms with Crippen molar-refractivity contribution in [1.82, 2.24) is 4.31 Å². The molecule has 0 bridgehead atoms. The molecule has 3 N–H and O–H groups in total. The Labute approximate surface area is 164 Å². The van der Waals surface area contributed by atoms with E-state index in [0.29, 0.717) is 6.54 Å². The van der Waals surface area contributed by atoms with Gasteiger partial charge in [-0.25, -0.2) is 18.2 Å². The number of anilines is 1. The Hall–Kier alpha value is -2.91. The first-order valence-corrected chi connectivity index (χ1v) is 10.5. The summed E-state index contributed by atoms with van der Waals surface area (Å²) >= 11 is 0. The normalized spacial score (nSPS) is 18.8. The maximum Gasteiger partial charge on any atom is 0.371 e. The average Bonchev–Trinajstić information content (AvgIpc) is 2.68. The van der Waals surface area contributed by atoms with Crippen molar-refractivity contribution in [3.8, 4) is 11.1 Å². The largest absolute Gasteiger partial charge is 0.475 e. The summed E-state index contributed by atoms with van der Waals surface area (Å²) in [6.07, 6.45) is 0.381. The summed E-state index contributed by atoms with van der Waals surface area (Å²) in [5, 5.41) is 9.12. The molecule has 148 valence electrons. The van der Waals surface area contributed by atoms with Crippen molar-refractivity contribution in [3.63, 3.8) is 0 Å². The highest BCUT2D eigenvalue weighted by Gasteiger charge is 2.33. The maximum absolute atomic E-state index is 12.0. The minimum atomic E-state index is -3.43. The lowest BCUT2D eigenvalue weighted by Crippen LogP contribution is -2.54. The summed E-state index contributed by atoms with van der Waals surface area (Å²) in [4.78, 5) is 17.2. The van der Waals surface area contributed by atoms with Gasteiger partial charge in [-0.3, -0.25) is 0 Å². The predicted molar refractivity (Wildman–Crippen MR) is 109 cm³/mol. The molecule has 1 aliphatic rings. The lowest BCUT2D eigenvalue weighted by molar-refractivity contribution is -0.129. The number of nitrogens with zero attached hydrogens (tertiary/aromatic N) is 3. The van der Waals surface area contributed by atoms with E-state index in [2.05, 4.69) is 4.99 Å². The van der Waals surface area contributed by atoms with Crippen LogP contribution in [0, 0.1) is 0 Å². The quantitative estimate of drug-likeness (QED) is 0.586. The number of sulfonamides is 1. The van der Waals surface area contributed by atoms with E-state index in [1.807, 2.05) is 59.5 Å². The Bertz CT molecular complexity index is 992. The highest BCUT2D eigenvalue weighted by Crippen LogP contribution is 2.33. The second-order valence-corrected chi connectivity index (χ2v) is 8.48. The van der Waals surface area contributed by atoms with Crippen LogP contribution in [0.25, 0.3) is 11.1 Å². The van der Waals surface area contributed by atoms with Crippen LogP contribution in [0.5, 0.6) is 0 Å². The molecular formula is C19H22N4O4S. The van der Waals surface area contributed by atoms with E-state index in [9.17, 15) is 13.2 Å². The molecule has 0 aromatic heterocycles. The average molecular weight is 402 g/mol. The van der Waals surface area contributed by atoms with Crippen LogP contribution in [0.4, 0.5) is 5.69 Å². The van der Waals surface area contributed by atoms with Gasteiger partial charge in [-0.1, -0.05) is 48.5 Å². The maximum atomic E-state index is 12.0.